The highest BCUT2D eigenvalue weighted by Crippen LogP contribution is 2.19. The molecule has 0 spiro atoms. The van der Waals surface area contributed by atoms with Crippen molar-refractivity contribution in [3.63, 3.8) is 0 Å². The Kier molecular flexibility index (Phi) is 5.09. The molecular formula is C18H17ClN2O4. The third-order valence-electron chi connectivity index (χ3n) is 3.86. The van der Waals surface area contributed by atoms with Gasteiger partial charge in [0.2, 0.25) is 0 Å². The molecule has 2 amide bonds. The van der Waals surface area contributed by atoms with Gasteiger partial charge in [0, 0.05) is 17.8 Å². The Balaban J connectivity index is 1.54. The number of benzene rings is 2. The fourth-order valence-electron chi connectivity index (χ4n) is 2.35. The maximum atomic E-state index is 12.2. The van der Waals surface area contributed by atoms with Crippen LogP contribution in [0.5, 0.6) is 5.75 Å². The summed E-state index contributed by atoms with van der Waals surface area (Å²) in [4.78, 5) is 24.7. The summed E-state index contributed by atoms with van der Waals surface area (Å²) in [5.74, 6) is 0.396. The summed E-state index contributed by atoms with van der Waals surface area (Å²) in [5, 5.41) is 3.44. The number of hydrogen-bond acceptors (Lipinski definition) is 4. The number of cyclic esters (lactones) is 1. The van der Waals surface area contributed by atoms with Gasteiger partial charge in [-0.1, -0.05) is 23.7 Å². The maximum Gasteiger partial charge on any atom is 0.410 e. The second kappa shape index (κ2) is 7.44. The molecule has 1 aliphatic heterocycles. The molecule has 0 radical (unpaired) electrons. The van der Waals surface area contributed by atoms with E-state index in [9.17, 15) is 9.59 Å². The van der Waals surface area contributed by atoms with Gasteiger partial charge in [0.05, 0.1) is 0 Å². The number of hydrogen-bond donors (Lipinski definition) is 1. The summed E-state index contributed by atoms with van der Waals surface area (Å²) in [6.45, 7) is 0.485. The molecule has 25 heavy (non-hydrogen) atoms. The van der Waals surface area contributed by atoms with Crippen LogP contribution in [0.4, 0.5) is 10.5 Å². The normalized spacial score (nSPS) is 16.5. The number of nitrogens with one attached hydrogen (secondary N) is 1. The van der Waals surface area contributed by atoms with Crippen molar-refractivity contribution in [2.75, 3.05) is 19.0 Å². The summed E-state index contributed by atoms with van der Waals surface area (Å²) < 4.78 is 10.5. The standard InChI is InChI=1S/C18H17ClN2O4/c1-21-16(11-25-18(21)23)17(22)20-14-6-8-15(9-7-14)24-10-12-2-4-13(19)5-3-12/h2-9,16H,10-11H2,1H3,(H,20,22). The molecule has 0 bridgehead atoms. The van der Waals surface area contributed by atoms with Crippen molar-refractivity contribution in [2.45, 2.75) is 12.6 Å². The second-order valence-electron chi connectivity index (χ2n) is 5.63. The molecule has 3 rings (SSSR count). The first-order valence-corrected chi connectivity index (χ1v) is 8.08. The highest BCUT2D eigenvalue weighted by molar-refractivity contribution is 6.30. The molecule has 6 nitrogen and oxygen atoms in total. The van der Waals surface area contributed by atoms with Crippen molar-refractivity contribution >= 4 is 29.3 Å². The summed E-state index contributed by atoms with van der Waals surface area (Å²) >= 11 is 5.85. The van der Waals surface area contributed by atoms with Crippen LogP contribution in [-0.2, 0) is 16.1 Å². The van der Waals surface area contributed by atoms with E-state index in [2.05, 4.69) is 5.32 Å². The molecule has 2 aromatic carbocycles. The largest absolute Gasteiger partial charge is 0.489 e. The van der Waals surface area contributed by atoms with Crippen molar-refractivity contribution < 1.29 is 19.1 Å². The van der Waals surface area contributed by atoms with E-state index in [0.29, 0.717) is 23.1 Å². The molecule has 0 aliphatic carbocycles. The lowest BCUT2D eigenvalue weighted by atomic mass is 10.2. The van der Waals surface area contributed by atoms with E-state index < -0.39 is 12.1 Å². The zero-order valence-corrected chi connectivity index (χ0v) is 14.3. The predicted octanol–water partition coefficient (Wildman–Crippen LogP) is 3.31. The van der Waals surface area contributed by atoms with E-state index in [1.165, 1.54) is 11.9 Å². The number of likely N-dealkylation sites (N-methyl/N-ethyl adjacent to an activating group) is 1. The Labute approximate surface area is 150 Å². The van der Waals surface area contributed by atoms with Gasteiger partial charge < -0.3 is 14.8 Å². The summed E-state index contributed by atoms with van der Waals surface area (Å²) in [5.41, 5.74) is 1.63. The summed E-state index contributed by atoms with van der Waals surface area (Å²) in [7, 11) is 1.54. The van der Waals surface area contributed by atoms with Crippen LogP contribution in [0, 0.1) is 0 Å². The minimum atomic E-state index is -0.617. The zero-order chi connectivity index (χ0) is 17.8. The molecular weight excluding hydrogens is 344 g/mol. The fourth-order valence-corrected chi connectivity index (χ4v) is 2.48. The molecule has 1 fully saturated rings. The maximum absolute atomic E-state index is 12.2. The Morgan fingerprint density at radius 1 is 1.24 bits per heavy atom. The molecule has 130 valence electrons. The first-order valence-electron chi connectivity index (χ1n) is 7.71. The summed E-state index contributed by atoms with van der Waals surface area (Å²) in [6.07, 6.45) is -0.494. The highest BCUT2D eigenvalue weighted by Gasteiger charge is 2.35. The summed E-state index contributed by atoms with van der Waals surface area (Å²) in [6, 6.07) is 13.8. The van der Waals surface area contributed by atoms with Gasteiger partial charge in [-0.3, -0.25) is 9.69 Å². The number of amides is 2. The molecule has 1 saturated heterocycles. The fraction of sp³-hybridized carbons (Fsp3) is 0.222. The van der Waals surface area contributed by atoms with Crippen LogP contribution in [0.15, 0.2) is 48.5 Å². The number of halogens is 1. The average molecular weight is 361 g/mol. The van der Waals surface area contributed by atoms with Gasteiger partial charge in [0.15, 0.2) is 0 Å². The Morgan fingerprint density at radius 2 is 1.92 bits per heavy atom. The van der Waals surface area contributed by atoms with Crippen LogP contribution >= 0.6 is 11.6 Å². The van der Waals surface area contributed by atoms with Crippen molar-refractivity contribution in [3.05, 3.63) is 59.1 Å². The molecule has 0 saturated carbocycles. The van der Waals surface area contributed by atoms with Crippen LogP contribution in [0.2, 0.25) is 5.02 Å². The lowest BCUT2D eigenvalue weighted by Crippen LogP contribution is -2.40. The number of anilines is 1. The van der Waals surface area contributed by atoms with E-state index >= 15 is 0 Å². The van der Waals surface area contributed by atoms with E-state index in [1.54, 1.807) is 24.3 Å². The molecule has 7 heteroatoms. The van der Waals surface area contributed by atoms with Crippen LogP contribution < -0.4 is 10.1 Å². The Hall–Kier alpha value is -2.73. The van der Waals surface area contributed by atoms with Crippen molar-refractivity contribution in [1.29, 1.82) is 0 Å². The molecule has 1 unspecified atom stereocenters. The quantitative estimate of drug-likeness (QED) is 0.888. The van der Waals surface area contributed by atoms with E-state index in [0.717, 1.165) is 5.56 Å². The lowest BCUT2D eigenvalue weighted by Gasteiger charge is -2.15. The van der Waals surface area contributed by atoms with E-state index in [4.69, 9.17) is 21.1 Å². The zero-order valence-electron chi connectivity index (χ0n) is 13.6. The van der Waals surface area contributed by atoms with Gasteiger partial charge in [-0.2, -0.15) is 0 Å². The van der Waals surface area contributed by atoms with Gasteiger partial charge in [-0.15, -0.1) is 0 Å². The van der Waals surface area contributed by atoms with E-state index in [-0.39, 0.29) is 12.5 Å². The van der Waals surface area contributed by atoms with Crippen molar-refractivity contribution in [2.24, 2.45) is 0 Å². The molecule has 1 atom stereocenters. The van der Waals surface area contributed by atoms with Gasteiger partial charge >= 0.3 is 6.09 Å². The monoisotopic (exact) mass is 360 g/mol. The number of nitrogens with zero attached hydrogens (tertiary/aromatic N) is 1. The smallest absolute Gasteiger partial charge is 0.410 e. The molecule has 1 N–H and O–H groups in total. The molecule has 2 aromatic rings. The minimum Gasteiger partial charge on any atom is -0.489 e. The number of carbonyl (C=O) groups is 2. The minimum absolute atomic E-state index is 0.0590. The van der Waals surface area contributed by atoms with Gasteiger partial charge in [-0.05, 0) is 42.0 Å². The topological polar surface area (TPSA) is 67.9 Å². The van der Waals surface area contributed by atoms with Gasteiger partial charge in [0.1, 0.15) is 25.0 Å². The average Bonchev–Trinajstić information content (AvgIpc) is 2.95. The molecule has 1 aliphatic rings. The Bertz CT molecular complexity index is 762. The van der Waals surface area contributed by atoms with Crippen LogP contribution in [0.25, 0.3) is 0 Å². The van der Waals surface area contributed by atoms with Crippen LogP contribution in [0.1, 0.15) is 5.56 Å². The first-order chi connectivity index (χ1) is 12.0. The SMILES string of the molecule is CN1C(=O)OCC1C(=O)Nc1ccc(OCc2ccc(Cl)cc2)cc1. The number of carbonyl (C=O) groups excluding carboxylic acids is 2. The predicted molar refractivity (Wildman–Crippen MR) is 93.8 cm³/mol. The molecule has 1 heterocycles. The third kappa shape index (κ3) is 4.22. The Morgan fingerprint density at radius 3 is 2.52 bits per heavy atom. The van der Waals surface area contributed by atoms with E-state index in [1.807, 2.05) is 24.3 Å². The first kappa shape index (κ1) is 17.1. The number of ether oxygens (including phenoxy) is 2. The van der Waals surface area contributed by atoms with Crippen LogP contribution in [0.3, 0.4) is 0 Å². The van der Waals surface area contributed by atoms with Gasteiger partial charge in [0.25, 0.3) is 5.91 Å². The van der Waals surface area contributed by atoms with Crippen molar-refractivity contribution in [3.8, 4) is 5.75 Å². The van der Waals surface area contributed by atoms with Crippen molar-refractivity contribution in [1.82, 2.24) is 4.90 Å². The third-order valence-corrected chi connectivity index (χ3v) is 4.12. The number of rotatable bonds is 5. The van der Waals surface area contributed by atoms with Crippen LogP contribution in [-0.4, -0.2) is 36.6 Å². The highest BCUT2D eigenvalue weighted by atomic mass is 35.5. The lowest BCUT2D eigenvalue weighted by molar-refractivity contribution is -0.119. The molecule has 0 aromatic heterocycles. The van der Waals surface area contributed by atoms with Gasteiger partial charge in [-0.25, -0.2) is 4.79 Å². The second-order valence-corrected chi connectivity index (χ2v) is 6.07.